The first-order valence-corrected chi connectivity index (χ1v) is 7.14. The van der Waals surface area contributed by atoms with Crippen LogP contribution in [0.3, 0.4) is 0 Å². The van der Waals surface area contributed by atoms with Gasteiger partial charge < -0.3 is 5.32 Å². The van der Waals surface area contributed by atoms with E-state index in [2.05, 4.69) is 21.2 Å². The largest absolute Gasteiger partial charge is 0.313 e. The summed E-state index contributed by atoms with van der Waals surface area (Å²) >= 11 is 9.68. The zero-order chi connectivity index (χ0) is 13.8. The van der Waals surface area contributed by atoms with Crippen LogP contribution < -0.4 is 5.32 Å². The minimum absolute atomic E-state index is 0.0480. The lowest BCUT2D eigenvalue weighted by Crippen LogP contribution is -2.19. The lowest BCUT2D eigenvalue weighted by molar-refractivity contribution is 0.584. The van der Waals surface area contributed by atoms with E-state index >= 15 is 0 Å². The normalized spacial score (nSPS) is 12.4. The minimum Gasteiger partial charge on any atom is -0.313 e. The first-order valence-electron chi connectivity index (χ1n) is 5.97. The van der Waals surface area contributed by atoms with Crippen molar-refractivity contribution in [3.63, 3.8) is 0 Å². The molecule has 1 nitrogen and oxygen atoms in total. The summed E-state index contributed by atoms with van der Waals surface area (Å²) in [5.41, 5.74) is 1.94. The van der Waals surface area contributed by atoms with Gasteiger partial charge in [-0.25, -0.2) is 4.39 Å². The van der Waals surface area contributed by atoms with E-state index in [4.69, 9.17) is 11.6 Å². The molecule has 0 heterocycles. The Morgan fingerprint density at radius 3 is 2.74 bits per heavy atom. The zero-order valence-electron chi connectivity index (χ0n) is 10.5. The molecule has 0 saturated heterocycles. The SMILES string of the molecule is CNC(Cc1cccc(F)c1)c1cc(Br)ccc1Cl. The fourth-order valence-corrected chi connectivity index (χ4v) is 2.68. The van der Waals surface area contributed by atoms with Gasteiger partial charge in [0.05, 0.1) is 0 Å². The molecule has 0 aliphatic carbocycles. The fraction of sp³-hybridized carbons (Fsp3) is 0.200. The van der Waals surface area contributed by atoms with Gasteiger partial charge in [-0.05, 0) is 54.9 Å². The van der Waals surface area contributed by atoms with Gasteiger partial charge in [0.25, 0.3) is 0 Å². The molecule has 0 saturated carbocycles. The van der Waals surface area contributed by atoms with E-state index in [0.29, 0.717) is 11.4 Å². The predicted octanol–water partition coefficient (Wildman–Crippen LogP) is 4.74. The third-order valence-corrected chi connectivity index (χ3v) is 3.85. The van der Waals surface area contributed by atoms with Crippen LogP contribution in [-0.4, -0.2) is 7.05 Å². The number of nitrogens with one attached hydrogen (secondary N) is 1. The molecule has 4 heteroatoms. The van der Waals surface area contributed by atoms with Crippen molar-refractivity contribution in [3.05, 3.63) is 68.9 Å². The second kappa shape index (κ2) is 6.51. The molecule has 1 N–H and O–H groups in total. The maximum atomic E-state index is 13.2. The van der Waals surface area contributed by atoms with Gasteiger partial charge in [-0.1, -0.05) is 39.7 Å². The highest BCUT2D eigenvalue weighted by molar-refractivity contribution is 9.10. The molecule has 2 aromatic carbocycles. The second-order valence-electron chi connectivity index (χ2n) is 4.34. The molecule has 0 amide bonds. The van der Waals surface area contributed by atoms with Crippen molar-refractivity contribution in [2.45, 2.75) is 12.5 Å². The number of likely N-dealkylation sites (N-methyl/N-ethyl adjacent to an activating group) is 1. The lowest BCUT2D eigenvalue weighted by Gasteiger charge is -2.18. The van der Waals surface area contributed by atoms with Crippen LogP contribution in [0.15, 0.2) is 46.9 Å². The molecule has 100 valence electrons. The van der Waals surface area contributed by atoms with Gasteiger partial charge in [0.2, 0.25) is 0 Å². The number of hydrogen-bond acceptors (Lipinski definition) is 1. The second-order valence-corrected chi connectivity index (χ2v) is 5.66. The van der Waals surface area contributed by atoms with Gasteiger partial charge in [-0.15, -0.1) is 0 Å². The van der Waals surface area contributed by atoms with Crippen molar-refractivity contribution >= 4 is 27.5 Å². The molecule has 0 aromatic heterocycles. The molecule has 1 unspecified atom stereocenters. The highest BCUT2D eigenvalue weighted by Crippen LogP contribution is 2.28. The molecule has 0 fully saturated rings. The van der Waals surface area contributed by atoms with Crippen LogP contribution in [0.1, 0.15) is 17.2 Å². The van der Waals surface area contributed by atoms with Crippen LogP contribution in [0.2, 0.25) is 5.02 Å². The van der Waals surface area contributed by atoms with E-state index < -0.39 is 0 Å². The minimum atomic E-state index is -0.215. The Labute approximate surface area is 125 Å². The summed E-state index contributed by atoms with van der Waals surface area (Å²) in [5, 5.41) is 3.93. The molecular formula is C15H14BrClFN. The van der Waals surface area contributed by atoms with Crippen molar-refractivity contribution in [1.29, 1.82) is 0 Å². The van der Waals surface area contributed by atoms with Crippen LogP contribution in [-0.2, 0) is 6.42 Å². The maximum absolute atomic E-state index is 13.2. The fourth-order valence-electron chi connectivity index (χ4n) is 2.05. The third-order valence-electron chi connectivity index (χ3n) is 3.01. The Bertz CT molecular complexity index is 574. The van der Waals surface area contributed by atoms with Crippen LogP contribution in [0, 0.1) is 5.82 Å². The summed E-state index contributed by atoms with van der Waals surface area (Å²) in [5.74, 6) is -0.215. The number of hydrogen-bond donors (Lipinski definition) is 1. The lowest BCUT2D eigenvalue weighted by atomic mass is 9.99. The first-order chi connectivity index (χ1) is 9.10. The smallest absolute Gasteiger partial charge is 0.123 e. The highest BCUT2D eigenvalue weighted by Gasteiger charge is 2.14. The van der Waals surface area contributed by atoms with Crippen molar-refractivity contribution in [3.8, 4) is 0 Å². The summed E-state index contributed by atoms with van der Waals surface area (Å²) in [7, 11) is 1.88. The average molecular weight is 343 g/mol. The number of benzene rings is 2. The quantitative estimate of drug-likeness (QED) is 0.846. The van der Waals surface area contributed by atoms with Crippen molar-refractivity contribution in [2.75, 3.05) is 7.05 Å². The number of halogens is 3. The molecular weight excluding hydrogens is 329 g/mol. The summed E-state index contributed by atoms with van der Waals surface area (Å²) in [6.07, 6.45) is 0.685. The van der Waals surface area contributed by atoms with Gasteiger partial charge >= 0.3 is 0 Å². The molecule has 0 spiro atoms. The molecule has 0 bridgehead atoms. The monoisotopic (exact) mass is 341 g/mol. The third kappa shape index (κ3) is 3.78. The van der Waals surface area contributed by atoms with Gasteiger partial charge in [0.15, 0.2) is 0 Å². The van der Waals surface area contributed by atoms with Gasteiger partial charge in [0, 0.05) is 15.5 Å². The van der Waals surface area contributed by atoms with E-state index in [1.165, 1.54) is 6.07 Å². The standard InChI is InChI=1S/C15H14BrClFN/c1-19-15(8-10-3-2-4-12(18)7-10)13-9-11(16)5-6-14(13)17/h2-7,9,15,19H,8H2,1H3. The van der Waals surface area contributed by atoms with E-state index in [0.717, 1.165) is 15.6 Å². The predicted molar refractivity (Wildman–Crippen MR) is 81.1 cm³/mol. The molecule has 0 aliphatic rings. The van der Waals surface area contributed by atoms with Crippen LogP contribution in [0.4, 0.5) is 4.39 Å². The molecule has 19 heavy (non-hydrogen) atoms. The Morgan fingerprint density at radius 2 is 2.05 bits per heavy atom. The van der Waals surface area contributed by atoms with Gasteiger partial charge in [0.1, 0.15) is 5.82 Å². The molecule has 0 aliphatic heterocycles. The topological polar surface area (TPSA) is 12.0 Å². The van der Waals surface area contributed by atoms with Crippen LogP contribution in [0.5, 0.6) is 0 Å². The summed E-state index contributed by atoms with van der Waals surface area (Å²) in [4.78, 5) is 0. The van der Waals surface area contributed by atoms with Crippen molar-refractivity contribution < 1.29 is 4.39 Å². The van der Waals surface area contributed by atoms with Crippen molar-refractivity contribution in [1.82, 2.24) is 5.32 Å². The Morgan fingerprint density at radius 1 is 1.26 bits per heavy atom. The van der Waals surface area contributed by atoms with Gasteiger partial charge in [-0.2, -0.15) is 0 Å². The maximum Gasteiger partial charge on any atom is 0.123 e. The molecule has 1 atom stereocenters. The average Bonchev–Trinajstić information content (AvgIpc) is 2.39. The zero-order valence-corrected chi connectivity index (χ0v) is 12.8. The highest BCUT2D eigenvalue weighted by atomic mass is 79.9. The van der Waals surface area contributed by atoms with E-state index in [1.54, 1.807) is 12.1 Å². The molecule has 2 aromatic rings. The summed E-state index contributed by atoms with van der Waals surface area (Å²) in [6.45, 7) is 0. The van der Waals surface area contributed by atoms with Gasteiger partial charge in [-0.3, -0.25) is 0 Å². The Hall–Kier alpha value is -0.900. The van der Waals surface area contributed by atoms with E-state index in [-0.39, 0.29) is 11.9 Å². The van der Waals surface area contributed by atoms with Crippen LogP contribution in [0.25, 0.3) is 0 Å². The summed E-state index contributed by atoms with van der Waals surface area (Å²) < 4.78 is 14.2. The van der Waals surface area contributed by atoms with Crippen LogP contribution >= 0.6 is 27.5 Å². The van der Waals surface area contributed by atoms with E-state index in [1.807, 2.05) is 31.3 Å². The van der Waals surface area contributed by atoms with Crippen molar-refractivity contribution in [2.24, 2.45) is 0 Å². The summed E-state index contributed by atoms with van der Waals surface area (Å²) in [6, 6.07) is 12.4. The Balaban J connectivity index is 2.27. The molecule has 2 rings (SSSR count). The molecule has 0 radical (unpaired) electrons. The first kappa shape index (κ1) is 14.5. The van der Waals surface area contributed by atoms with E-state index in [9.17, 15) is 4.39 Å². The number of rotatable bonds is 4. The Kier molecular flexibility index (Phi) is 4.97.